The van der Waals surface area contributed by atoms with Gasteiger partial charge in [0.15, 0.2) is 5.78 Å². The molecule has 0 spiro atoms. The van der Waals surface area contributed by atoms with E-state index in [4.69, 9.17) is 0 Å². The molecule has 13 heavy (non-hydrogen) atoms. The lowest BCUT2D eigenvalue weighted by Gasteiger charge is -2.64. The van der Waals surface area contributed by atoms with Crippen molar-refractivity contribution in [1.82, 2.24) is 0 Å². The average Bonchev–Trinajstić information content (AvgIpc) is 1.97. The first-order valence-corrected chi connectivity index (χ1v) is 4.80. The minimum atomic E-state index is 0.233. The molecule has 0 aromatic rings. The molecule has 3 aliphatic carbocycles. The van der Waals surface area contributed by atoms with Crippen molar-refractivity contribution in [3.63, 3.8) is 0 Å². The van der Waals surface area contributed by atoms with Crippen LogP contribution in [-0.2, 0) is 4.79 Å². The average molecular weight is 174 g/mol. The van der Waals surface area contributed by atoms with Crippen LogP contribution in [0.1, 0.15) is 12.8 Å². The largest absolute Gasteiger partial charge is 0.294 e. The normalized spacial score (nSPS) is 39.4. The fourth-order valence-electron chi connectivity index (χ4n) is 2.75. The second-order valence-corrected chi connectivity index (χ2v) is 4.03. The fourth-order valence-corrected chi connectivity index (χ4v) is 2.75. The van der Waals surface area contributed by atoms with Crippen LogP contribution >= 0.6 is 0 Å². The lowest BCUT2D eigenvalue weighted by molar-refractivity contribution is -0.173. The van der Waals surface area contributed by atoms with E-state index in [1.165, 1.54) is 12.5 Å². The summed E-state index contributed by atoms with van der Waals surface area (Å²) in [5.74, 6) is 2.57. The van der Waals surface area contributed by atoms with E-state index in [-0.39, 0.29) is 5.78 Å². The highest BCUT2D eigenvalue weighted by Crippen LogP contribution is 2.64. The summed E-state index contributed by atoms with van der Waals surface area (Å²) in [6.45, 7) is 7.15. The molecule has 0 aromatic carbocycles. The number of allylic oxidation sites excluding steroid dienone is 2. The van der Waals surface area contributed by atoms with Crippen molar-refractivity contribution in [2.75, 3.05) is 0 Å². The number of hydrogen-bond donors (Lipinski definition) is 0. The molecule has 0 aromatic heterocycles. The number of hydrogen-bond acceptors (Lipinski definition) is 1. The Hall–Kier alpha value is -1.07. The first-order valence-electron chi connectivity index (χ1n) is 4.80. The van der Waals surface area contributed by atoms with Crippen LogP contribution in [-0.4, -0.2) is 5.78 Å². The maximum Gasteiger partial charge on any atom is 0.166 e. The topological polar surface area (TPSA) is 17.1 Å². The van der Waals surface area contributed by atoms with Gasteiger partial charge in [0.05, 0.1) is 0 Å². The monoisotopic (exact) mass is 174 g/mol. The van der Waals surface area contributed by atoms with Gasteiger partial charge in [0.1, 0.15) is 0 Å². The maximum absolute atomic E-state index is 11.4. The standard InChI is InChI=1S/C12H14O/c1-3-5-8-9-7-10(8)12(9)11(13)6-4-2/h3,6,8-10,12H,1-2,5,7H2/t8?,9-,10+,12?. The second-order valence-electron chi connectivity index (χ2n) is 4.03. The first kappa shape index (κ1) is 8.52. The summed E-state index contributed by atoms with van der Waals surface area (Å²) >= 11 is 0. The quantitative estimate of drug-likeness (QED) is 0.363. The van der Waals surface area contributed by atoms with Gasteiger partial charge >= 0.3 is 0 Å². The molecule has 2 unspecified atom stereocenters. The highest BCUT2D eigenvalue weighted by atomic mass is 16.1. The molecule has 68 valence electrons. The number of rotatable bonds is 4. The number of carbonyl (C=O) groups is 1. The van der Waals surface area contributed by atoms with Crippen LogP contribution in [0.5, 0.6) is 0 Å². The zero-order valence-electron chi connectivity index (χ0n) is 7.70. The SMILES string of the molecule is C=C=CC(=O)C1[C@@H]2C[C@H]1C2CC=C. The molecule has 0 saturated heterocycles. The lowest BCUT2D eigenvalue weighted by atomic mass is 9.39. The van der Waals surface area contributed by atoms with Gasteiger partial charge in [-0.2, -0.15) is 0 Å². The van der Waals surface area contributed by atoms with Gasteiger partial charge in [-0.3, -0.25) is 4.79 Å². The highest BCUT2D eigenvalue weighted by Gasteiger charge is 2.62. The minimum Gasteiger partial charge on any atom is -0.294 e. The Bertz CT molecular complexity index is 286. The zero-order chi connectivity index (χ0) is 9.42. The molecule has 3 fully saturated rings. The van der Waals surface area contributed by atoms with Crippen molar-refractivity contribution in [1.29, 1.82) is 0 Å². The van der Waals surface area contributed by atoms with Crippen molar-refractivity contribution in [3.8, 4) is 0 Å². The Morgan fingerprint density at radius 1 is 1.54 bits per heavy atom. The Kier molecular flexibility index (Phi) is 1.97. The predicted molar refractivity (Wildman–Crippen MR) is 52.1 cm³/mol. The minimum absolute atomic E-state index is 0.233. The van der Waals surface area contributed by atoms with Crippen molar-refractivity contribution in [3.05, 3.63) is 31.0 Å². The number of carbonyl (C=O) groups excluding carboxylic acids is 1. The molecule has 0 heterocycles. The summed E-state index contributed by atoms with van der Waals surface area (Å²) in [5, 5.41) is 0. The van der Waals surface area contributed by atoms with Gasteiger partial charge in [-0.15, -0.1) is 12.3 Å². The van der Waals surface area contributed by atoms with Crippen molar-refractivity contribution < 1.29 is 4.79 Å². The lowest BCUT2D eigenvalue weighted by Crippen LogP contribution is -2.61. The molecular weight excluding hydrogens is 160 g/mol. The van der Waals surface area contributed by atoms with Gasteiger partial charge < -0.3 is 0 Å². The van der Waals surface area contributed by atoms with Crippen molar-refractivity contribution >= 4 is 5.78 Å². The fraction of sp³-hybridized carbons (Fsp3) is 0.500. The molecule has 3 rings (SSSR count). The van der Waals surface area contributed by atoms with Gasteiger partial charge in [-0.1, -0.05) is 12.7 Å². The van der Waals surface area contributed by atoms with Crippen LogP contribution in [0.3, 0.4) is 0 Å². The van der Waals surface area contributed by atoms with E-state index in [9.17, 15) is 4.79 Å². The predicted octanol–water partition coefficient (Wildman–Crippen LogP) is 2.35. The third kappa shape index (κ3) is 1.04. The van der Waals surface area contributed by atoms with E-state index in [1.807, 2.05) is 6.08 Å². The van der Waals surface area contributed by atoms with Gasteiger partial charge in [0.2, 0.25) is 0 Å². The summed E-state index contributed by atoms with van der Waals surface area (Å²) in [5.41, 5.74) is 2.56. The van der Waals surface area contributed by atoms with E-state index in [2.05, 4.69) is 18.9 Å². The first-order chi connectivity index (χ1) is 6.29. The van der Waals surface area contributed by atoms with Gasteiger partial charge in [0, 0.05) is 12.0 Å². The zero-order valence-corrected chi connectivity index (χ0v) is 7.70. The molecule has 0 N–H and O–H groups in total. The van der Waals surface area contributed by atoms with Crippen LogP contribution < -0.4 is 0 Å². The molecule has 0 amide bonds. The molecule has 3 aliphatic rings. The van der Waals surface area contributed by atoms with Crippen LogP contribution in [0.2, 0.25) is 0 Å². The molecule has 0 aliphatic heterocycles. The van der Waals surface area contributed by atoms with Crippen molar-refractivity contribution in [2.24, 2.45) is 23.7 Å². The van der Waals surface area contributed by atoms with E-state index >= 15 is 0 Å². The molecule has 0 radical (unpaired) electrons. The van der Waals surface area contributed by atoms with E-state index in [1.54, 1.807) is 0 Å². The smallest absolute Gasteiger partial charge is 0.166 e. The van der Waals surface area contributed by atoms with Crippen LogP contribution in [0.4, 0.5) is 0 Å². The maximum atomic E-state index is 11.4. The number of ketones is 1. The van der Waals surface area contributed by atoms with Crippen LogP contribution in [0, 0.1) is 23.7 Å². The van der Waals surface area contributed by atoms with E-state index in [0.29, 0.717) is 17.8 Å². The molecule has 1 heteroatoms. The summed E-state index contributed by atoms with van der Waals surface area (Å²) < 4.78 is 0. The third-order valence-corrected chi connectivity index (χ3v) is 3.58. The van der Waals surface area contributed by atoms with Gasteiger partial charge in [-0.25, -0.2) is 0 Å². The van der Waals surface area contributed by atoms with Crippen LogP contribution in [0.15, 0.2) is 31.0 Å². The molecule has 3 saturated carbocycles. The Morgan fingerprint density at radius 3 is 2.69 bits per heavy atom. The molecule has 2 bridgehead atoms. The summed E-state index contributed by atoms with van der Waals surface area (Å²) in [6, 6.07) is 0. The highest BCUT2D eigenvalue weighted by molar-refractivity contribution is 5.93. The Labute approximate surface area is 78.8 Å². The Balaban J connectivity index is 1.93. The molecule has 4 atom stereocenters. The summed E-state index contributed by atoms with van der Waals surface area (Å²) in [7, 11) is 0. The third-order valence-electron chi connectivity index (χ3n) is 3.58. The van der Waals surface area contributed by atoms with E-state index < -0.39 is 0 Å². The van der Waals surface area contributed by atoms with Gasteiger partial charge in [0.25, 0.3) is 0 Å². The van der Waals surface area contributed by atoms with Gasteiger partial charge in [-0.05, 0) is 30.6 Å². The van der Waals surface area contributed by atoms with Crippen molar-refractivity contribution in [2.45, 2.75) is 12.8 Å². The van der Waals surface area contributed by atoms with E-state index in [0.717, 1.165) is 12.3 Å². The summed E-state index contributed by atoms with van der Waals surface area (Å²) in [6.07, 6.45) is 5.79. The second kappa shape index (κ2) is 3.01. The Morgan fingerprint density at radius 2 is 2.23 bits per heavy atom. The molecular formula is C12H14O. The van der Waals surface area contributed by atoms with Crippen LogP contribution in [0.25, 0.3) is 0 Å². The summed E-state index contributed by atoms with van der Waals surface area (Å²) in [4.78, 5) is 11.4. The molecule has 1 nitrogen and oxygen atoms in total.